The third-order valence-electron chi connectivity index (χ3n) is 3.89. The molecule has 0 saturated heterocycles. The molecule has 0 N–H and O–H groups in total. The molecular formula is C18H19. The van der Waals surface area contributed by atoms with Crippen molar-refractivity contribution in [2.45, 2.75) is 32.1 Å². The lowest BCUT2D eigenvalue weighted by atomic mass is 9.97. The molecule has 0 unspecified atom stereocenters. The third kappa shape index (κ3) is 1.96. The van der Waals surface area contributed by atoms with Crippen molar-refractivity contribution >= 4 is 0 Å². The SMILES string of the molecule is [CH2]CCCCc1cccc2c1Cc1ccccc1-2. The summed E-state index contributed by atoms with van der Waals surface area (Å²) in [6, 6.07) is 15.6. The van der Waals surface area contributed by atoms with E-state index >= 15 is 0 Å². The largest absolute Gasteiger partial charge is 0.0619 e. The summed E-state index contributed by atoms with van der Waals surface area (Å²) in [5.41, 5.74) is 7.47. The van der Waals surface area contributed by atoms with Crippen molar-refractivity contribution in [2.75, 3.05) is 0 Å². The summed E-state index contributed by atoms with van der Waals surface area (Å²) in [6.45, 7) is 3.92. The molecule has 0 heteroatoms. The molecule has 0 aliphatic heterocycles. The molecular weight excluding hydrogens is 216 g/mol. The van der Waals surface area contributed by atoms with E-state index in [2.05, 4.69) is 49.4 Å². The van der Waals surface area contributed by atoms with Gasteiger partial charge in [0, 0.05) is 0 Å². The smallest absolute Gasteiger partial charge is 0.00107 e. The van der Waals surface area contributed by atoms with E-state index in [0.29, 0.717) is 0 Å². The molecule has 18 heavy (non-hydrogen) atoms. The highest BCUT2D eigenvalue weighted by Crippen LogP contribution is 2.38. The van der Waals surface area contributed by atoms with Crippen LogP contribution in [0.4, 0.5) is 0 Å². The molecule has 0 heterocycles. The number of rotatable bonds is 4. The standard InChI is InChI=1S/C18H19/c1-2-3-4-8-14-10-7-12-17-16-11-6-5-9-15(16)13-18(14)17/h5-7,9-12H,1-4,8,13H2. The van der Waals surface area contributed by atoms with Gasteiger partial charge in [0.15, 0.2) is 0 Å². The molecule has 0 nitrogen and oxygen atoms in total. The number of hydrogen-bond donors (Lipinski definition) is 0. The Hall–Kier alpha value is -1.56. The van der Waals surface area contributed by atoms with Gasteiger partial charge in [0.25, 0.3) is 0 Å². The Labute approximate surface area is 110 Å². The van der Waals surface area contributed by atoms with Crippen LogP contribution < -0.4 is 0 Å². The van der Waals surface area contributed by atoms with Crippen LogP contribution in [0.1, 0.15) is 36.0 Å². The molecule has 0 bridgehead atoms. The van der Waals surface area contributed by atoms with Gasteiger partial charge >= 0.3 is 0 Å². The summed E-state index contributed by atoms with van der Waals surface area (Å²) in [6.07, 6.45) is 5.86. The summed E-state index contributed by atoms with van der Waals surface area (Å²) >= 11 is 0. The lowest BCUT2D eigenvalue weighted by molar-refractivity contribution is 0.743. The molecule has 0 saturated carbocycles. The van der Waals surface area contributed by atoms with E-state index < -0.39 is 0 Å². The fraction of sp³-hybridized carbons (Fsp3) is 0.278. The zero-order valence-corrected chi connectivity index (χ0v) is 10.8. The average Bonchev–Trinajstić information content (AvgIpc) is 2.79. The Morgan fingerprint density at radius 1 is 0.889 bits per heavy atom. The van der Waals surface area contributed by atoms with Gasteiger partial charge in [0.2, 0.25) is 0 Å². The quantitative estimate of drug-likeness (QED) is 0.569. The van der Waals surface area contributed by atoms with Crippen molar-refractivity contribution in [3.8, 4) is 11.1 Å². The zero-order valence-electron chi connectivity index (χ0n) is 10.8. The minimum Gasteiger partial charge on any atom is -0.0619 e. The van der Waals surface area contributed by atoms with Crippen LogP contribution in [0, 0.1) is 6.92 Å². The van der Waals surface area contributed by atoms with Crippen LogP contribution in [0.25, 0.3) is 11.1 Å². The minimum atomic E-state index is 1.05. The Bertz CT molecular complexity index is 552. The summed E-state index contributed by atoms with van der Waals surface area (Å²) < 4.78 is 0. The molecule has 0 spiro atoms. The first-order valence-corrected chi connectivity index (χ1v) is 6.88. The second kappa shape index (κ2) is 4.97. The first-order valence-electron chi connectivity index (χ1n) is 6.88. The van der Waals surface area contributed by atoms with Crippen molar-refractivity contribution in [1.82, 2.24) is 0 Å². The summed E-state index contributed by atoms with van der Waals surface area (Å²) in [5.74, 6) is 0. The first kappa shape index (κ1) is 11.5. The monoisotopic (exact) mass is 235 g/mol. The Balaban J connectivity index is 1.93. The fourth-order valence-electron chi connectivity index (χ4n) is 2.95. The van der Waals surface area contributed by atoms with Gasteiger partial charge < -0.3 is 0 Å². The first-order chi connectivity index (χ1) is 8.90. The predicted molar refractivity (Wildman–Crippen MR) is 77.6 cm³/mol. The van der Waals surface area contributed by atoms with E-state index in [4.69, 9.17) is 0 Å². The Morgan fingerprint density at radius 2 is 1.72 bits per heavy atom. The highest BCUT2D eigenvalue weighted by Gasteiger charge is 2.19. The third-order valence-corrected chi connectivity index (χ3v) is 3.89. The van der Waals surface area contributed by atoms with Crippen LogP contribution in [0.3, 0.4) is 0 Å². The van der Waals surface area contributed by atoms with Crippen molar-refractivity contribution < 1.29 is 0 Å². The van der Waals surface area contributed by atoms with Gasteiger partial charge in [-0.25, -0.2) is 0 Å². The van der Waals surface area contributed by atoms with Gasteiger partial charge in [0.05, 0.1) is 0 Å². The molecule has 2 aromatic carbocycles. The molecule has 1 radical (unpaired) electrons. The number of aryl methyl sites for hydroxylation is 1. The van der Waals surface area contributed by atoms with Crippen LogP contribution >= 0.6 is 0 Å². The molecule has 0 aromatic heterocycles. The summed E-state index contributed by atoms with van der Waals surface area (Å²) in [7, 11) is 0. The molecule has 1 aliphatic rings. The maximum absolute atomic E-state index is 3.92. The molecule has 91 valence electrons. The van der Waals surface area contributed by atoms with Crippen molar-refractivity contribution in [3.05, 3.63) is 66.1 Å². The molecule has 3 rings (SSSR count). The molecule has 0 atom stereocenters. The van der Waals surface area contributed by atoms with E-state index in [9.17, 15) is 0 Å². The van der Waals surface area contributed by atoms with E-state index in [-0.39, 0.29) is 0 Å². The van der Waals surface area contributed by atoms with E-state index in [1.165, 1.54) is 41.5 Å². The van der Waals surface area contributed by atoms with Crippen molar-refractivity contribution in [1.29, 1.82) is 0 Å². The van der Waals surface area contributed by atoms with Gasteiger partial charge in [-0.05, 0) is 47.1 Å². The second-order valence-electron chi connectivity index (χ2n) is 5.09. The Kier molecular flexibility index (Phi) is 3.19. The van der Waals surface area contributed by atoms with Crippen LogP contribution in [-0.4, -0.2) is 0 Å². The van der Waals surface area contributed by atoms with Gasteiger partial charge in [-0.1, -0.05) is 62.2 Å². The van der Waals surface area contributed by atoms with Crippen LogP contribution in [0.2, 0.25) is 0 Å². The molecule has 2 aromatic rings. The van der Waals surface area contributed by atoms with Crippen molar-refractivity contribution in [2.24, 2.45) is 0 Å². The average molecular weight is 235 g/mol. The number of fused-ring (bicyclic) bond motifs is 3. The van der Waals surface area contributed by atoms with Gasteiger partial charge in [-0.3, -0.25) is 0 Å². The van der Waals surface area contributed by atoms with E-state index in [1.807, 2.05) is 0 Å². The van der Waals surface area contributed by atoms with Gasteiger partial charge in [-0.15, -0.1) is 0 Å². The van der Waals surface area contributed by atoms with Crippen LogP contribution in [0.5, 0.6) is 0 Å². The normalized spacial score (nSPS) is 12.3. The topological polar surface area (TPSA) is 0 Å². The number of unbranched alkanes of at least 4 members (excludes halogenated alkanes) is 2. The lowest BCUT2D eigenvalue weighted by Gasteiger charge is -2.08. The van der Waals surface area contributed by atoms with Crippen LogP contribution in [-0.2, 0) is 12.8 Å². The van der Waals surface area contributed by atoms with E-state index in [1.54, 1.807) is 5.56 Å². The number of benzene rings is 2. The minimum absolute atomic E-state index is 1.05. The maximum Gasteiger partial charge on any atom is -0.00107 e. The second-order valence-corrected chi connectivity index (χ2v) is 5.09. The number of hydrogen-bond acceptors (Lipinski definition) is 0. The molecule has 0 fully saturated rings. The highest BCUT2D eigenvalue weighted by molar-refractivity contribution is 5.77. The fourth-order valence-corrected chi connectivity index (χ4v) is 2.95. The molecule has 1 aliphatic carbocycles. The van der Waals surface area contributed by atoms with E-state index in [0.717, 1.165) is 12.8 Å². The summed E-state index contributed by atoms with van der Waals surface area (Å²) in [4.78, 5) is 0. The predicted octanol–water partition coefficient (Wildman–Crippen LogP) is 4.80. The lowest BCUT2D eigenvalue weighted by Crippen LogP contribution is -1.93. The van der Waals surface area contributed by atoms with Gasteiger partial charge in [-0.2, -0.15) is 0 Å². The molecule has 0 amide bonds. The van der Waals surface area contributed by atoms with Gasteiger partial charge in [0.1, 0.15) is 0 Å². The highest BCUT2D eigenvalue weighted by atomic mass is 14.2. The summed E-state index contributed by atoms with van der Waals surface area (Å²) in [5, 5.41) is 0. The Morgan fingerprint density at radius 3 is 2.61 bits per heavy atom. The zero-order chi connectivity index (χ0) is 12.4. The maximum atomic E-state index is 3.92. The van der Waals surface area contributed by atoms with Crippen LogP contribution in [0.15, 0.2) is 42.5 Å². The van der Waals surface area contributed by atoms with Crippen molar-refractivity contribution in [3.63, 3.8) is 0 Å².